The molecular weight excluding hydrogens is 357 g/mol. The largest absolute Gasteiger partial charge is 0.413 e. The predicted octanol–water partition coefficient (Wildman–Crippen LogP) is 4.62. The van der Waals surface area contributed by atoms with Crippen LogP contribution in [-0.4, -0.2) is 22.0 Å². The van der Waals surface area contributed by atoms with Gasteiger partial charge in [-0.05, 0) is 25.3 Å². The van der Waals surface area contributed by atoms with Crippen molar-refractivity contribution in [3.05, 3.63) is 59.4 Å². The van der Waals surface area contributed by atoms with Crippen molar-refractivity contribution in [3.63, 3.8) is 0 Å². The molecule has 1 atom stereocenters. The minimum atomic E-state index is -4.66. The van der Waals surface area contributed by atoms with Crippen LogP contribution in [-0.2, 0) is 7.05 Å². The van der Waals surface area contributed by atoms with Crippen molar-refractivity contribution in [1.82, 2.24) is 15.1 Å². The van der Waals surface area contributed by atoms with Crippen LogP contribution in [0.5, 0.6) is 0 Å². The Labute approximate surface area is 154 Å². The summed E-state index contributed by atoms with van der Waals surface area (Å²) in [4.78, 5) is 12.4. The molecule has 27 heavy (non-hydrogen) atoms. The first-order chi connectivity index (χ1) is 12.7. The van der Waals surface area contributed by atoms with E-state index in [2.05, 4.69) is 15.7 Å². The fraction of sp³-hybridized carbons (Fsp3) is 0.263. The number of carbonyl (C=O) groups is 1. The van der Waals surface area contributed by atoms with Crippen LogP contribution in [0.4, 0.5) is 23.7 Å². The summed E-state index contributed by atoms with van der Waals surface area (Å²) in [6, 6.07) is 9.45. The van der Waals surface area contributed by atoms with Gasteiger partial charge in [-0.1, -0.05) is 36.4 Å². The van der Waals surface area contributed by atoms with E-state index in [-0.39, 0.29) is 11.3 Å². The van der Waals surface area contributed by atoms with Crippen molar-refractivity contribution in [2.75, 3.05) is 5.32 Å². The number of benzene rings is 2. The summed E-state index contributed by atoms with van der Waals surface area (Å²) >= 11 is 0. The van der Waals surface area contributed by atoms with Crippen LogP contribution in [0, 0.1) is 13.8 Å². The van der Waals surface area contributed by atoms with E-state index in [9.17, 15) is 18.0 Å². The highest BCUT2D eigenvalue weighted by atomic mass is 19.4. The standard InChI is InChI=1S/C19H19F3N4O/c1-11-16(12(2)26(3)25-11)17(19(20,21)22)24-18(27)23-15-10-6-8-13-7-4-5-9-14(13)15/h4-10,17H,1-3H3,(H2,23,24,27). The molecule has 2 aromatic carbocycles. The first-order valence-corrected chi connectivity index (χ1v) is 8.30. The van der Waals surface area contributed by atoms with Gasteiger partial charge < -0.3 is 10.6 Å². The highest BCUT2D eigenvalue weighted by molar-refractivity contribution is 6.01. The number of aromatic nitrogens is 2. The zero-order chi connectivity index (χ0) is 19.8. The summed E-state index contributed by atoms with van der Waals surface area (Å²) in [5, 5.41) is 10.2. The quantitative estimate of drug-likeness (QED) is 0.701. The normalized spacial score (nSPS) is 12.8. The molecular formula is C19H19F3N4O. The van der Waals surface area contributed by atoms with Gasteiger partial charge in [0.1, 0.15) is 0 Å². The van der Waals surface area contributed by atoms with Crippen molar-refractivity contribution >= 4 is 22.5 Å². The fourth-order valence-corrected chi connectivity index (χ4v) is 3.15. The van der Waals surface area contributed by atoms with Gasteiger partial charge in [-0.25, -0.2) is 4.79 Å². The van der Waals surface area contributed by atoms with Crippen LogP contribution in [0.15, 0.2) is 42.5 Å². The number of rotatable bonds is 3. The van der Waals surface area contributed by atoms with Crippen molar-refractivity contribution < 1.29 is 18.0 Å². The van der Waals surface area contributed by atoms with Crippen LogP contribution in [0.3, 0.4) is 0 Å². The molecule has 0 saturated carbocycles. The molecule has 1 unspecified atom stereocenters. The number of fused-ring (bicyclic) bond motifs is 1. The molecule has 1 heterocycles. The number of anilines is 1. The molecule has 0 spiro atoms. The Bertz CT molecular complexity index is 989. The number of amides is 2. The van der Waals surface area contributed by atoms with Crippen LogP contribution in [0.2, 0.25) is 0 Å². The molecule has 1 aromatic heterocycles. The van der Waals surface area contributed by atoms with Crippen LogP contribution in [0.1, 0.15) is 23.0 Å². The van der Waals surface area contributed by atoms with Crippen molar-refractivity contribution in [1.29, 1.82) is 0 Å². The minimum Gasteiger partial charge on any atom is -0.322 e. The van der Waals surface area contributed by atoms with Crippen LogP contribution < -0.4 is 10.6 Å². The number of urea groups is 1. The van der Waals surface area contributed by atoms with Gasteiger partial charge in [0.05, 0.1) is 11.4 Å². The molecule has 0 radical (unpaired) electrons. The molecule has 2 amide bonds. The molecule has 0 aliphatic rings. The number of nitrogens with zero attached hydrogens (tertiary/aromatic N) is 2. The molecule has 3 rings (SSSR count). The summed E-state index contributed by atoms with van der Waals surface area (Å²) in [5.74, 6) is 0. The van der Waals surface area contributed by atoms with Gasteiger partial charge in [-0.3, -0.25) is 4.68 Å². The van der Waals surface area contributed by atoms with Gasteiger partial charge >= 0.3 is 12.2 Å². The van der Waals surface area contributed by atoms with E-state index in [4.69, 9.17) is 0 Å². The maximum absolute atomic E-state index is 13.6. The zero-order valence-corrected chi connectivity index (χ0v) is 15.1. The maximum Gasteiger partial charge on any atom is 0.413 e. The molecule has 0 aliphatic carbocycles. The first kappa shape index (κ1) is 18.8. The first-order valence-electron chi connectivity index (χ1n) is 8.30. The van der Waals surface area contributed by atoms with E-state index in [1.54, 1.807) is 38.2 Å². The molecule has 5 nitrogen and oxygen atoms in total. The average molecular weight is 376 g/mol. The van der Waals surface area contributed by atoms with Gasteiger partial charge in [0.15, 0.2) is 6.04 Å². The Kier molecular flexibility index (Phi) is 4.82. The monoisotopic (exact) mass is 376 g/mol. The topological polar surface area (TPSA) is 59.0 Å². The molecule has 0 saturated heterocycles. The third-order valence-electron chi connectivity index (χ3n) is 4.49. The highest BCUT2D eigenvalue weighted by Crippen LogP contribution is 2.36. The van der Waals surface area contributed by atoms with E-state index >= 15 is 0 Å². The van der Waals surface area contributed by atoms with Crippen molar-refractivity contribution in [3.8, 4) is 0 Å². The number of hydrogen-bond donors (Lipinski definition) is 2. The predicted molar refractivity (Wildman–Crippen MR) is 97.6 cm³/mol. The number of alkyl halides is 3. The molecule has 2 N–H and O–H groups in total. The van der Waals surface area contributed by atoms with Crippen LogP contribution >= 0.6 is 0 Å². The Morgan fingerprint density at radius 1 is 1.11 bits per heavy atom. The fourth-order valence-electron chi connectivity index (χ4n) is 3.15. The molecule has 3 aromatic rings. The second-order valence-electron chi connectivity index (χ2n) is 6.31. The molecule has 0 bridgehead atoms. The third-order valence-corrected chi connectivity index (χ3v) is 4.49. The number of hydrogen-bond acceptors (Lipinski definition) is 2. The number of carbonyl (C=O) groups excluding carboxylic acids is 1. The lowest BCUT2D eigenvalue weighted by atomic mass is 10.0. The number of nitrogens with one attached hydrogen (secondary N) is 2. The smallest absolute Gasteiger partial charge is 0.322 e. The number of aryl methyl sites for hydroxylation is 2. The van der Waals surface area contributed by atoms with E-state index in [1.807, 2.05) is 18.2 Å². The maximum atomic E-state index is 13.6. The van der Waals surface area contributed by atoms with Gasteiger partial charge in [0, 0.05) is 23.7 Å². The van der Waals surface area contributed by atoms with Crippen molar-refractivity contribution in [2.45, 2.75) is 26.1 Å². The Hall–Kier alpha value is -3.03. The van der Waals surface area contributed by atoms with Crippen molar-refractivity contribution in [2.24, 2.45) is 7.05 Å². The van der Waals surface area contributed by atoms with E-state index < -0.39 is 18.2 Å². The van der Waals surface area contributed by atoms with Crippen LogP contribution in [0.25, 0.3) is 10.8 Å². The summed E-state index contributed by atoms with van der Waals surface area (Å²) in [6.07, 6.45) is -4.66. The minimum absolute atomic E-state index is 0.0435. The lowest BCUT2D eigenvalue weighted by Gasteiger charge is -2.23. The zero-order valence-electron chi connectivity index (χ0n) is 15.1. The SMILES string of the molecule is Cc1nn(C)c(C)c1C(NC(=O)Nc1cccc2ccccc12)C(F)(F)F. The summed E-state index contributed by atoms with van der Waals surface area (Å²) in [6.45, 7) is 3.03. The Balaban J connectivity index is 1.89. The number of halogens is 3. The Morgan fingerprint density at radius 3 is 2.41 bits per heavy atom. The van der Waals surface area contributed by atoms with E-state index in [1.165, 1.54) is 11.6 Å². The average Bonchev–Trinajstić information content (AvgIpc) is 2.84. The van der Waals surface area contributed by atoms with Gasteiger partial charge in [0.2, 0.25) is 0 Å². The molecule has 142 valence electrons. The molecule has 0 aliphatic heterocycles. The summed E-state index contributed by atoms with van der Waals surface area (Å²) < 4.78 is 42.3. The second-order valence-corrected chi connectivity index (χ2v) is 6.31. The highest BCUT2D eigenvalue weighted by Gasteiger charge is 2.44. The third kappa shape index (κ3) is 3.74. The van der Waals surface area contributed by atoms with E-state index in [0.717, 1.165) is 10.8 Å². The molecule has 0 fully saturated rings. The summed E-state index contributed by atoms with van der Waals surface area (Å²) in [5.41, 5.74) is 0.965. The van der Waals surface area contributed by atoms with Gasteiger partial charge in [-0.2, -0.15) is 18.3 Å². The second kappa shape index (κ2) is 6.94. The lowest BCUT2D eigenvalue weighted by Crippen LogP contribution is -2.41. The van der Waals surface area contributed by atoms with Gasteiger partial charge in [-0.15, -0.1) is 0 Å². The Morgan fingerprint density at radius 2 is 1.78 bits per heavy atom. The summed E-state index contributed by atoms with van der Waals surface area (Å²) in [7, 11) is 1.56. The molecule has 8 heteroatoms. The van der Waals surface area contributed by atoms with Gasteiger partial charge in [0.25, 0.3) is 0 Å². The van der Waals surface area contributed by atoms with E-state index in [0.29, 0.717) is 11.4 Å². The lowest BCUT2D eigenvalue weighted by molar-refractivity contribution is -0.155.